The van der Waals surface area contributed by atoms with E-state index in [1.807, 2.05) is 6.08 Å². The Labute approximate surface area is 533 Å². The summed E-state index contributed by atoms with van der Waals surface area (Å²) < 4.78 is 11.3. The first-order valence-electron chi connectivity index (χ1n) is 35.6. The molecule has 1 amide bonds. The lowest BCUT2D eigenvalue weighted by Gasteiger charge is -2.40. The number of aliphatic hydroxyl groups excluding tert-OH is 5. The Bertz CT molecular complexity index is 1890. The second-order valence-corrected chi connectivity index (χ2v) is 23.9. The van der Waals surface area contributed by atoms with Crippen LogP contribution in [0.1, 0.15) is 284 Å². The third-order valence-electron chi connectivity index (χ3n) is 15.9. The Balaban J connectivity index is 2.19. The molecule has 1 saturated heterocycles. The van der Waals surface area contributed by atoms with E-state index in [-0.39, 0.29) is 12.5 Å². The molecule has 1 fully saturated rings. The smallest absolute Gasteiger partial charge is 0.220 e. The van der Waals surface area contributed by atoms with Crippen LogP contribution >= 0.6 is 0 Å². The normalized spacial score (nSPS) is 18.9. The molecule has 1 aliphatic heterocycles. The zero-order chi connectivity index (χ0) is 62.8. The van der Waals surface area contributed by atoms with Gasteiger partial charge in [0, 0.05) is 6.42 Å². The number of carbonyl (C=O) groups excluding carboxylic acids is 1. The van der Waals surface area contributed by atoms with Gasteiger partial charge >= 0.3 is 0 Å². The van der Waals surface area contributed by atoms with Crippen LogP contribution in [0.2, 0.25) is 0 Å². The fourth-order valence-corrected chi connectivity index (χ4v) is 10.4. The third kappa shape index (κ3) is 53.6. The second-order valence-electron chi connectivity index (χ2n) is 23.9. The molecule has 0 aromatic carbocycles. The van der Waals surface area contributed by atoms with Gasteiger partial charge in [0.1, 0.15) is 24.4 Å². The van der Waals surface area contributed by atoms with Crippen LogP contribution in [0.15, 0.2) is 146 Å². The summed E-state index contributed by atoms with van der Waals surface area (Å²) in [5, 5.41) is 54.8. The van der Waals surface area contributed by atoms with Crippen molar-refractivity contribution in [1.82, 2.24) is 5.32 Å². The lowest BCUT2D eigenvalue weighted by Crippen LogP contribution is -2.60. The highest BCUT2D eigenvalue weighted by molar-refractivity contribution is 5.76. The number of hydrogen-bond acceptors (Lipinski definition) is 8. The summed E-state index contributed by atoms with van der Waals surface area (Å²) in [6, 6.07) is -0.828. The van der Waals surface area contributed by atoms with Crippen molar-refractivity contribution in [3.05, 3.63) is 146 Å². The molecule has 496 valence electrons. The molecule has 1 aliphatic rings. The van der Waals surface area contributed by atoms with Gasteiger partial charge in [-0.1, -0.05) is 320 Å². The highest BCUT2D eigenvalue weighted by atomic mass is 16.7. The summed E-state index contributed by atoms with van der Waals surface area (Å²) in [5.74, 6) is -0.199. The summed E-state index contributed by atoms with van der Waals surface area (Å²) >= 11 is 0. The number of carbonyl (C=O) groups is 1. The van der Waals surface area contributed by atoms with Crippen LogP contribution in [-0.2, 0) is 14.3 Å². The van der Waals surface area contributed by atoms with Crippen molar-refractivity contribution in [3.8, 4) is 0 Å². The lowest BCUT2D eigenvalue weighted by molar-refractivity contribution is -0.302. The molecule has 0 saturated carbocycles. The molecule has 9 heteroatoms. The molecule has 6 N–H and O–H groups in total. The number of ether oxygens (including phenoxy) is 2. The van der Waals surface area contributed by atoms with Crippen molar-refractivity contribution >= 4 is 5.91 Å². The lowest BCUT2D eigenvalue weighted by atomic mass is 9.99. The van der Waals surface area contributed by atoms with Crippen LogP contribution in [0.25, 0.3) is 0 Å². The van der Waals surface area contributed by atoms with E-state index in [9.17, 15) is 30.3 Å². The first-order valence-corrected chi connectivity index (χ1v) is 35.6. The van der Waals surface area contributed by atoms with Crippen molar-refractivity contribution in [2.75, 3.05) is 13.2 Å². The molecule has 87 heavy (non-hydrogen) atoms. The van der Waals surface area contributed by atoms with E-state index >= 15 is 0 Å². The topological polar surface area (TPSA) is 149 Å². The molecule has 9 nitrogen and oxygen atoms in total. The van der Waals surface area contributed by atoms with Crippen molar-refractivity contribution < 1.29 is 39.8 Å². The molecule has 0 radical (unpaired) electrons. The van der Waals surface area contributed by atoms with E-state index in [0.29, 0.717) is 6.42 Å². The molecule has 0 aliphatic carbocycles. The van der Waals surface area contributed by atoms with Crippen molar-refractivity contribution in [2.24, 2.45) is 0 Å². The van der Waals surface area contributed by atoms with E-state index < -0.39 is 49.5 Å². The zero-order valence-corrected chi connectivity index (χ0v) is 55.5. The van der Waals surface area contributed by atoms with Gasteiger partial charge in [-0.15, -0.1) is 0 Å². The molecule has 1 heterocycles. The quantitative estimate of drug-likeness (QED) is 0.0261. The van der Waals surface area contributed by atoms with E-state index in [2.05, 4.69) is 153 Å². The number of nitrogens with one attached hydrogen (secondary N) is 1. The summed E-state index contributed by atoms with van der Waals surface area (Å²) in [4.78, 5) is 13.1. The molecule has 0 aromatic heterocycles. The predicted octanol–water partition coefficient (Wildman–Crippen LogP) is 19.7. The van der Waals surface area contributed by atoms with Gasteiger partial charge in [-0.2, -0.15) is 0 Å². The molecular weight excluding hydrogens is 1080 g/mol. The Morgan fingerprint density at radius 2 is 0.713 bits per heavy atom. The minimum Gasteiger partial charge on any atom is -0.394 e. The van der Waals surface area contributed by atoms with E-state index in [4.69, 9.17) is 9.47 Å². The summed E-state index contributed by atoms with van der Waals surface area (Å²) in [5.41, 5.74) is 0. The Hall–Kier alpha value is -3.93. The second kappa shape index (κ2) is 65.0. The molecule has 0 bridgehead atoms. The van der Waals surface area contributed by atoms with Crippen LogP contribution in [0, 0.1) is 0 Å². The molecule has 1 rings (SSSR count). The maximum Gasteiger partial charge on any atom is 0.220 e. The number of hydrogen-bond donors (Lipinski definition) is 6. The van der Waals surface area contributed by atoms with Gasteiger partial charge in [-0.05, 0) is 103 Å². The van der Waals surface area contributed by atoms with E-state index in [1.165, 1.54) is 135 Å². The molecule has 0 spiro atoms. The first-order chi connectivity index (χ1) is 42.8. The Morgan fingerprint density at radius 1 is 0.402 bits per heavy atom. The first kappa shape index (κ1) is 81.1. The minimum atomic E-state index is -1.58. The number of amides is 1. The number of rotatable bonds is 60. The maximum absolute atomic E-state index is 13.1. The Kier molecular flexibility index (Phi) is 60.6. The fourth-order valence-electron chi connectivity index (χ4n) is 10.4. The largest absolute Gasteiger partial charge is 0.394 e. The van der Waals surface area contributed by atoms with Crippen molar-refractivity contribution in [1.29, 1.82) is 0 Å². The van der Waals surface area contributed by atoms with Gasteiger partial charge in [0.15, 0.2) is 6.29 Å². The van der Waals surface area contributed by atoms with E-state index in [1.54, 1.807) is 6.08 Å². The molecular formula is C78H131NO8. The van der Waals surface area contributed by atoms with Crippen molar-refractivity contribution in [2.45, 2.75) is 326 Å². The van der Waals surface area contributed by atoms with Crippen LogP contribution in [-0.4, -0.2) is 87.5 Å². The van der Waals surface area contributed by atoms with Gasteiger partial charge in [0.25, 0.3) is 0 Å². The number of unbranched alkanes of at least 4 members (excludes halogenated alkanes) is 28. The average Bonchev–Trinajstić information content (AvgIpc) is 3.38. The predicted molar refractivity (Wildman–Crippen MR) is 373 cm³/mol. The fraction of sp³-hybridized carbons (Fsp3) is 0.679. The summed E-state index contributed by atoms with van der Waals surface area (Å²) in [6.07, 6.45) is 93.7. The summed E-state index contributed by atoms with van der Waals surface area (Å²) in [6.45, 7) is 3.67. The van der Waals surface area contributed by atoms with Crippen molar-refractivity contribution in [3.63, 3.8) is 0 Å². The molecule has 7 unspecified atom stereocenters. The van der Waals surface area contributed by atoms with Gasteiger partial charge < -0.3 is 40.3 Å². The summed E-state index contributed by atoms with van der Waals surface area (Å²) in [7, 11) is 0. The minimum absolute atomic E-state index is 0.199. The van der Waals surface area contributed by atoms with Gasteiger partial charge in [0.05, 0.1) is 25.4 Å². The molecule has 0 aromatic rings. The highest BCUT2D eigenvalue weighted by Gasteiger charge is 2.44. The zero-order valence-electron chi connectivity index (χ0n) is 55.5. The van der Waals surface area contributed by atoms with Gasteiger partial charge in [0.2, 0.25) is 5.91 Å². The number of allylic oxidation sites excluding steroid dienone is 23. The number of aliphatic hydroxyl groups is 5. The monoisotopic (exact) mass is 1210 g/mol. The average molecular weight is 1210 g/mol. The highest BCUT2D eigenvalue weighted by Crippen LogP contribution is 2.23. The molecule has 7 atom stereocenters. The van der Waals surface area contributed by atoms with Gasteiger partial charge in [-0.3, -0.25) is 4.79 Å². The SMILES string of the molecule is CC/C=C\C/C=C\C/C=C\C/C=C\C/C=C\C/C=C\C/C=C\C/C=C\C/C=C\C/C=C\C/C=C\CCCCCCCC(=O)NC(COC1OC(CO)C(O)C(O)C1O)C(O)/C=C/CCCCCCCCCCCCCCCCCCCCCCCCC. The van der Waals surface area contributed by atoms with Crippen LogP contribution in [0.3, 0.4) is 0 Å². The standard InChI is InChI=1S/C78H131NO8/c1-3-5-7-9-11-13-15-17-19-21-23-25-27-29-30-31-32-33-34-35-36-37-38-39-40-41-42-44-46-48-50-52-54-56-58-60-62-64-66-68-74(82)79-71(70-86-78-77(85)76(84)75(83)73(69-80)87-78)72(81)67-65-63-61-59-57-55-53-51-49-47-45-43-28-26-24-22-20-18-16-14-12-10-8-6-4-2/h5,7,11,13,17,19,23,25,29-30,32-33,35-36,38-39,41-42,46,48,52,54,65,67,71-73,75-78,80-81,83-85H,3-4,6,8-10,12,14-16,18,20-22,24,26-28,31,34,37,40,43-45,47,49-51,53,55-64,66,68-70H2,1-2H3,(H,79,82)/b7-5-,13-11-,19-17-,25-23-,30-29-,33-32-,36-35-,39-38-,42-41-,48-46-,54-52-,67-65+. The van der Waals surface area contributed by atoms with Gasteiger partial charge in [-0.25, -0.2) is 0 Å². The third-order valence-corrected chi connectivity index (χ3v) is 15.9. The Morgan fingerprint density at radius 3 is 1.06 bits per heavy atom. The maximum atomic E-state index is 13.1. The van der Waals surface area contributed by atoms with E-state index in [0.717, 1.165) is 128 Å². The van der Waals surface area contributed by atoms with Crippen LogP contribution < -0.4 is 5.32 Å². The van der Waals surface area contributed by atoms with Crippen LogP contribution in [0.4, 0.5) is 0 Å². The van der Waals surface area contributed by atoms with Crippen LogP contribution in [0.5, 0.6) is 0 Å².